The molecule has 0 aliphatic rings. The number of methoxy groups -OCH3 is 1. The Morgan fingerprint density at radius 2 is 2.14 bits per heavy atom. The molecule has 2 amide bonds. The van der Waals surface area contributed by atoms with Gasteiger partial charge in [0.05, 0.1) is 11.8 Å². The first kappa shape index (κ1) is 17.2. The second-order valence-electron chi connectivity index (χ2n) is 5.12. The van der Waals surface area contributed by atoms with Crippen molar-refractivity contribution in [3.63, 3.8) is 0 Å². The molecular weight excluding hydrogens is 272 g/mol. The van der Waals surface area contributed by atoms with Gasteiger partial charge in [0.2, 0.25) is 5.91 Å². The van der Waals surface area contributed by atoms with Gasteiger partial charge in [-0.2, -0.15) is 0 Å². The Hall–Kier alpha value is -1.82. The van der Waals surface area contributed by atoms with Gasteiger partial charge in [-0.05, 0) is 26.3 Å². The van der Waals surface area contributed by atoms with Crippen molar-refractivity contribution in [3.05, 3.63) is 24.2 Å². The first-order valence-electron chi connectivity index (χ1n) is 7.14. The molecule has 0 aliphatic heterocycles. The van der Waals surface area contributed by atoms with Gasteiger partial charge in [0.15, 0.2) is 0 Å². The highest BCUT2D eigenvalue weighted by Crippen LogP contribution is 2.07. The predicted molar refractivity (Wildman–Crippen MR) is 79.0 cm³/mol. The zero-order valence-corrected chi connectivity index (χ0v) is 12.9. The van der Waals surface area contributed by atoms with Crippen LogP contribution in [0.1, 0.15) is 37.0 Å². The van der Waals surface area contributed by atoms with Gasteiger partial charge < -0.3 is 19.4 Å². The quantitative estimate of drug-likeness (QED) is 0.704. The highest BCUT2D eigenvalue weighted by atomic mass is 16.5. The van der Waals surface area contributed by atoms with Crippen LogP contribution in [0.5, 0.6) is 0 Å². The normalized spacial score (nSPS) is 10.7. The molecular formula is C15H24N2O4. The maximum atomic E-state index is 12.3. The van der Waals surface area contributed by atoms with Crippen molar-refractivity contribution in [2.75, 3.05) is 26.8 Å². The molecule has 0 unspecified atom stereocenters. The number of amides is 2. The van der Waals surface area contributed by atoms with E-state index in [0.717, 1.165) is 6.42 Å². The van der Waals surface area contributed by atoms with Gasteiger partial charge in [-0.3, -0.25) is 9.59 Å². The maximum Gasteiger partial charge on any atom is 0.257 e. The Kier molecular flexibility index (Phi) is 7.53. The van der Waals surface area contributed by atoms with Crippen molar-refractivity contribution in [1.29, 1.82) is 0 Å². The van der Waals surface area contributed by atoms with E-state index in [0.29, 0.717) is 25.3 Å². The van der Waals surface area contributed by atoms with E-state index in [4.69, 9.17) is 9.15 Å². The number of hydrogen-bond acceptors (Lipinski definition) is 4. The molecule has 1 aromatic heterocycles. The molecule has 1 aromatic rings. The van der Waals surface area contributed by atoms with Crippen molar-refractivity contribution in [1.82, 2.24) is 10.2 Å². The fourth-order valence-electron chi connectivity index (χ4n) is 1.91. The number of nitrogens with one attached hydrogen (secondary N) is 1. The number of furan rings is 1. The average molecular weight is 296 g/mol. The second kappa shape index (κ2) is 9.18. The maximum absolute atomic E-state index is 12.3. The smallest absolute Gasteiger partial charge is 0.257 e. The first-order valence-corrected chi connectivity index (χ1v) is 7.14. The Balaban J connectivity index is 2.55. The van der Waals surface area contributed by atoms with Crippen LogP contribution in [0.4, 0.5) is 0 Å². The van der Waals surface area contributed by atoms with Gasteiger partial charge >= 0.3 is 0 Å². The highest BCUT2D eigenvalue weighted by molar-refractivity contribution is 5.94. The van der Waals surface area contributed by atoms with Crippen LogP contribution in [-0.4, -0.2) is 49.6 Å². The van der Waals surface area contributed by atoms with Crippen molar-refractivity contribution >= 4 is 11.8 Å². The van der Waals surface area contributed by atoms with Crippen LogP contribution in [0.25, 0.3) is 0 Å². The second-order valence-corrected chi connectivity index (χ2v) is 5.12. The molecule has 118 valence electrons. The lowest BCUT2D eigenvalue weighted by molar-refractivity contribution is -0.121. The van der Waals surface area contributed by atoms with Crippen molar-refractivity contribution in [3.8, 4) is 0 Å². The third-order valence-electron chi connectivity index (χ3n) is 2.89. The highest BCUT2D eigenvalue weighted by Gasteiger charge is 2.17. The van der Waals surface area contributed by atoms with Crippen LogP contribution in [0.15, 0.2) is 23.0 Å². The zero-order chi connectivity index (χ0) is 15.7. The minimum absolute atomic E-state index is 0.0539. The van der Waals surface area contributed by atoms with Gasteiger partial charge in [0.25, 0.3) is 5.91 Å². The summed E-state index contributed by atoms with van der Waals surface area (Å²) in [5.41, 5.74) is 0.497. The monoisotopic (exact) mass is 296 g/mol. The largest absolute Gasteiger partial charge is 0.472 e. The van der Waals surface area contributed by atoms with Crippen LogP contribution >= 0.6 is 0 Å². The van der Waals surface area contributed by atoms with Crippen LogP contribution in [-0.2, 0) is 9.53 Å². The number of nitrogens with zero attached hydrogens (tertiary/aromatic N) is 1. The van der Waals surface area contributed by atoms with Gasteiger partial charge in [0, 0.05) is 39.3 Å². The summed E-state index contributed by atoms with van der Waals surface area (Å²) in [6, 6.07) is 1.73. The van der Waals surface area contributed by atoms with Gasteiger partial charge in [-0.15, -0.1) is 0 Å². The van der Waals surface area contributed by atoms with Crippen LogP contribution in [0.2, 0.25) is 0 Å². The summed E-state index contributed by atoms with van der Waals surface area (Å²) in [7, 11) is 1.62. The molecule has 0 aromatic carbocycles. The van der Waals surface area contributed by atoms with E-state index >= 15 is 0 Å². The summed E-state index contributed by atoms with van der Waals surface area (Å²) >= 11 is 0. The van der Waals surface area contributed by atoms with Crippen LogP contribution < -0.4 is 5.32 Å². The Bertz CT molecular complexity index is 429. The van der Waals surface area contributed by atoms with E-state index < -0.39 is 0 Å². The van der Waals surface area contributed by atoms with Gasteiger partial charge in [-0.1, -0.05) is 0 Å². The lowest BCUT2D eigenvalue weighted by Gasteiger charge is -2.22. The molecule has 0 aliphatic carbocycles. The fraction of sp³-hybridized carbons (Fsp3) is 0.600. The van der Waals surface area contributed by atoms with Crippen molar-refractivity contribution in [2.24, 2.45) is 0 Å². The summed E-state index contributed by atoms with van der Waals surface area (Å²) in [6.45, 7) is 5.32. The summed E-state index contributed by atoms with van der Waals surface area (Å²) < 4.78 is 9.94. The summed E-state index contributed by atoms with van der Waals surface area (Å²) in [5, 5.41) is 2.82. The molecule has 0 saturated carbocycles. The lowest BCUT2D eigenvalue weighted by atomic mass is 10.2. The number of rotatable bonds is 9. The third-order valence-corrected chi connectivity index (χ3v) is 2.89. The summed E-state index contributed by atoms with van der Waals surface area (Å²) in [5.74, 6) is -0.182. The number of carbonyl (C=O) groups excluding carboxylic acids is 2. The number of hydrogen-bond donors (Lipinski definition) is 1. The number of carbonyl (C=O) groups is 2. The predicted octanol–water partition coefficient (Wildman–Crippen LogP) is 1.67. The molecule has 21 heavy (non-hydrogen) atoms. The molecule has 0 radical (unpaired) electrons. The van der Waals surface area contributed by atoms with Gasteiger partial charge in [-0.25, -0.2) is 0 Å². The molecule has 6 heteroatoms. The van der Waals surface area contributed by atoms with E-state index in [1.54, 1.807) is 18.1 Å². The molecule has 0 atom stereocenters. The Labute approximate surface area is 125 Å². The topological polar surface area (TPSA) is 71.8 Å². The van der Waals surface area contributed by atoms with Crippen LogP contribution in [0, 0.1) is 0 Å². The lowest BCUT2D eigenvalue weighted by Crippen LogP contribution is -2.37. The zero-order valence-electron chi connectivity index (χ0n) is 12.9. The molecule has 0 fully saturated rings. The van der Waals surface area contributed by atoms with E-state index in [1.807, 2.05) is 13.8 Å². The molecule has 1 heterocycles. The fourth-order valence-corrected chi connectivity index (χ4v) is 1.91. The molecule has 0 bridgehead atoms. The summed E-state index contributed by atoms with van der Waals surface area (Å²) in [4.78, 5) is 25.7. The SMILES string of the molecule is COCCCN(CCC(=O)NC(C)C)C(=O)c1ccoc1. The molecule has 1 rings (SSSR count). The van der Waals surface area contributed by atoms with Crippen molar-refractivity contribution < 1.29 is 18.7 Å². The number of ether oxygens (including phenoxy) is 1. The first-order chi connectivity index (χ1) is 10.0. The Morgan fingerprint density at radius 3 is 2.71 bits per heavy atom. The standard InChI is InChI=1S/C15H24N2O4/c1-12(2)16-14(18)5-8-17(7-4-9-20-3)15(19)13-6-10-21-11-13/h6,10-12H,4-5,7-9H2,1-3H3,(H,16,18). The third kappa shape index (κ3) is 6.44. The molecule has 1 N–H and O–H groups in total. The van der Waals surface area contributed by atoms with Crippen LogP contribution in [0.3, 0.4) is 0 Å². The van der Waals surface area contributed by atoms with E-state index in [2.05, 4.69) is 5.32 Å². The van der Waals surface area contributed by atoms with E-state index in [9.17, 15) is 9.59 Å². The van der Waals surface area contributed by atoms with E-state index in [-0.39, 0.29) is 24.3 Å². The molecule has 6 nitrogen and oxygen atoms in total. The Morgan fingerprint density at radius 1 is 1.38 bits per heavy atom. The van der Waals surface area contributed by atoms with Gasteiger partial charge in [0.1, 0.15) is 6.26 Å². The molecule has 0 saturated heterocycles. The summed E-state index contributed by atoms with van der Waals surface area (Å²) in [6.07, 6.45) is 3.90. The average Bonchev–Trinajstić information content (AvgIpc) is 2.95. The minimum atomic E-state index is -0.128. The van der Waals surface area contributed by atoms with E-state index in [1.165, 1.54) is 12.5 Å². The van der Waals surface area contributed by atoms with Crippen molar-refractivity contribution in [2.45, 2.75) is 32.7 Å². The molecule has 0 spiro atoms. The minimum Gasteiger partial charge on any atom is -0.472 e.